The molecule has 1 aromatic heterocycles. The standard InChI is InChI=1S/C20H25F3NO4PS/c1-14-4-6-16(30-14)3-2-10-27-18-7-5-15(11-17(18)20(21,22)23)8-9-19(24,12-25)13-28-29-26/h4-7,11,25H,2-3,8-10,12-13,24H2,1H3. The summed E-state index contributed by atoms with van der Waals surface area (Å²) in [5.74, 6) is -0.205. The predicted molar refractivity (Wildman–Crippen MR) is 110 cm³/mol. The van der Waals surface area contributed by atoms with E-state index in [1.165, 1.54) is 15.8 Å². The van der Waals surface area contributed by atoms with E-state index in [9.17, 15) is 22.8 Å². The number of halogens is 3. The smallest absolute Gasteiger partial charge is 0.419 e. The molecule has 2 rings (SSSR count). The van der Waals surface area contributed by atoms with Crippen LogP contribution in [0, 0.1) is 6.92 Å². The van der Waals surface area contributed by atoms with Gasteiger partial charge >= 0.3 is 14.9 Å². The van der Waals surface area contributed by atoms with Crippen molar-refractivity contribution in [3.05, 3.63) is 51.2 Å². The van der Waals surface area contributed by atoms with E-state index in [0.717, 1.165) is 12.5 Å². The van der Waals surface area contributed by atoms with Crippen molar-refractivity contribution >= 4 is 20.0 Å². The third-order valence-electron chi connectivity index (χ3n) is 4.60. The first-order chi connectivity index (χ1) is 14.2. The lowest BCUT2D eigenvalue weighted by molar-refractivity contribution is -0.139. The first-order valence-corrected chi connectivity index (χ1v) is 10.9. The van der Waals surface area contributed by atoms with Crippen molar-refractivity contribution in [1.29, 1.82) is 0 Å². The summed E-state index contributed by atoms with van der Waals surface area (Å²) in [5, 5.41) is 9.41. The van der Waals surface area contributed by atoms with Gasteiger partial charge in [0.25, 0.3) is 0 Å². The molecule has 10 heteroatoms. The van der Waals surface area contributed by atoms with E-state index in [2.05, 4.69) is 0 Å². The number of ether oxygens (including phenoxy) is 1. The molecule has 5 nitrogen and oxygen atoms in total. The summed E-state index contributed by atoms with van der Waals surface area (Å²) in [4.78, 5) is 2.37. The Balaban J connectivity index is 2.00. The number of benzene rings is 1. The van der Waals surface area contributed by atoms with E-state index in [-0.39, 0.29) is 31.8 Å². The lowest BCUT2D eigenvalue weighted by Gasteiger charge is -2.25. The second kappa shape index (κ2) is 11.2. The van der Waals surface area contributed by atoms with Crippen LogP contribution in [0.5, 0.6) is 5.75 Å². The lowest BCUT2D eigenvalue weighted by atomic mass is 9.93. The van der Waals surface area contributed by atoms with Gasteiger partial charge in [0, 0.05) is 9.75 Å². The van der Waals surface area contributed by atoms with E-state index >= 15 is 0 Å². The Labute approximate surface area is 179 Å². The number of nitrogens with two attached hydrogens (primary N) is 1. The minimum Gasteiger partial charge on any atom is -0.493 e. The number of alkyl halides is 3. The number of aliphatic hydroxyl groups is 1. The summed E-state index contributed by atoms with van der Waals surface area (Å²) in [5.41, 5.74) is 4.33. The quantitative estimate of drug-likeness (QED) is 0.345. The highest BCUT2D eigenvalue weighted by molar-refractivity contribution is 7.17. The molecule has 1 atom stereocenters. The van der Waals surface area contributed by atoms with Crippen LogP contribution in [0.25, 0.3) is 0 Å². The van der Waals surface area contributed by atoms with Crippen LogP contribution in [0.4, 0.5) is 13.2 Å². The molecule has 0 amide bonds. The molecule has 166 valence electrons. The third kappa shape index (κ3) is 7.63. The molecule has 0 radical (unpaired) electrons. The van der Waals surface area contributed by atoms with Gasteiger partial charge in [-0.25, -0.2) is 4.57 Å². The number of rotatable bonds is 12. The molecule has 0 aliphatic heterocycles. The monoisotopic (exact) mass is 463 g/mol. The van der Waals surface area contributed by atoms with E-state index in [1.807, 2.05) is 19.1 Å². The van der Waals surface area contributed by atoms with Gasteiger partial charge in [-0.2, -0.15) is 13.2 Å². The Morgan fingerprint density at radius 1 is 1.20 bits per heavy atom. The molecule has 0 spiro atoms. The van der Waals surface area contributed by atoms with Gasteiger partial charge < -0.3 is 15.6 Å². The molecular weight excluding hydrogens is 438 g/mol. The molecule has 30 heavy (non-hydrogen) atoms. The molecule has 0 aliphatic carbocycles. The Hall–Kier alpha value is -1.51. The Morgan fingerprint density at radius 2 is 1.97 bits per heavy atom. The van der Waals surface area contributed by atoms with Crippen molar-refractivity contribution in [2.75, 3.05) is 19.8 Å². The van der Waals surface area contributed by atoms with E-state index < -0.39 is 32.6 Å². The summed E-state index contributed by atoms with van der Waals surface area (Å²) in [6.45, 7) is 1.57. The first kappa shape index (κ1) is 24.8. The fourth-order valence-electron chi connectivity index (χ4n) is 2.87. The predicted octanol–water partition coefficient (Wildman–Crippen LogP) is 4.93. The van der Waals surface area contributed by atoms with Gasteiger partial charge in [-0.3, -0.25) is 4.52 Å². The van der Waals surface area contributed by atoms with Crippen LogP contribution in [0.3, 0.4) is 0 Å². The van der Waals surface area contributed by atoms with Gasteiger partial charge in [0.15, 0.2) is 0 Å². The molecule has 1 aromatic carbocycles. The zero-order valence-corrected chi connectivity index (χ0v) is 18.3. The number of hydrogen-bond acceptors (Lipinski definition) is 6. The van der Waals surface area contributed by atoms with E-state index in [1.54, 1.807) is 17.4 Å². The van der Waals surface area contributed by atoms with Crippen molar-refractivity contribution in [2.24, 2.45) is 5.73 Å². The van der Waals surface area contributed by atoms with Crippen molar-refractivity contribution in [1.82, 2.24) is 0 Å². The zero-order chi connectivity index (χ0) is 22.2. The lowest BCUT2D eigenvalue weighted by Crippen LogP contribution is -2.47. The average Bonchev–Trinajstić information content (AvgIpc) is 3.13. The van der Waals surface area contributed by atoms with Crippen molar-refractivity contribution in [2.45, 2.75) is 44.3 Å². The summed E-state index contributed by atoms with van der Waals surface area (Å²) in [6.07, 6.45) is -2.83. The van der Waals surface area contributed by atoms with Crippen molar-refractivity contribution in [3.63, 3.8) is 0 Å². The topological polar surface area (TPSA) is 81.8 Å². The second-order valence-electron chi connectivity index (χ2n) is 7.16. The summed E-state index contributed by atoms with van der Waals surface area (Å²) in [6, 6.07) is 7.94. The van der Waals surface area contributed by atoms with Crippen molar-refractivity contribution in [3.8, 4) is 5.75 Å². The van der Waals surface area contributed by atoms with Crippen LogP contribution in [0.2, 0.25) is 0 Å². The molecule has 0 aliphatic rings. The van der Waals surface area contributed by atoms with Gasteiger partial charge in [0.1, 0.15) is 5.75 Å². The highest BCUT2D eigenvalue weighted by atomic mass is 32.1. The molecule has 1 heterocycles. The molecule has 0 bridgehead atoms. The summed E-state index contributed by atoms with van der Waals surface area (Å²) < 4.78 is 61.1. The van der Waals surface area contributed by atoms with Crippen LogP contribution in [-0.4, -0.2) is 30.5 Å². The molecule has 0 saturated carbocycles. The van der Waals surface area contributed by atoms with Gasteiger partial charge in [0.05, 0.1) is 30.9 Å². The number of aliphatic hydroxyl groups excluding tert-OH is 1. The zero-order valence-electron chi connectivity index (χ0n) is 16.6. The van der Waals surface area contributed by atoms with Crippen molar-refractivity contribution < 1.29 is 32.1 Å². The number of hydrogen-bond donors (Lipinski definition) is 2. The average molecular weight is 463 g/mol. The molecular formula is C20H25F3NO4PS. The molecule has 0 saturated heterocycles. The van der Waals surface area contributed by atoms with Crippen LogP contribution in [-0.2, 0) is 28.1 Å². The fourth-order valence-corrected chi connectivity index (χ4v) is 4.12. The molecule has 2 aromatic rings. The molecule has 1 unspecified atom stereocenters. The van der Waals surface area contributed by atoms with Gasteiger partial charge in [-0.1, -0.05) is 6.07 Å². The van der Waals surface area contributed by atoms with E-state index in [0.29, 0.717) is 12.0 Å². The molecule has 3 N–H and O–H groups in total. The largest absolute Gasteiger partial charge is 0.493 e. The Bertz CT molecular complexity index is 831. The number of thiophene rings is 1. The SMILES string of the molecule is Cc1ccc(CCCOc2ccc(CCC(N)(CO)COP=O)cc2C(F)(F)F)s1. The summed E-state index contributed by atoms with van der Waals surface area (Å²) in [7, 11) is -0.572. The van der Waals surface area contributed by atoms with Crippen LogP contribution < -0.4 is 10.5 Å². The van der Waals surface area contributed by atoms with Crippen LogP contribution >= 0.6 is 20.0 Å². The second-order valence-corrected chi connectivity index (χ2v) is 8.94. The minimum absolute atomic E-state index is 0.163. The fraction of sp³-hybridized carbons (Fsp3) is 0.500. The first-order valence-electron chi connectivity index (χ1n) is 9.39. The highest BCUT2D eigenvalue weighted by Gasteiger charge is 2.35. The summed E-state index contributed by atoms with van der Waals surface area (Å²) >= 11 is 1.67. The van der Waals surface area contributed by atoms with E-state index in [4.69, 9.17) is 15.0 Å². The van der Waals surface area contributed by atoms with Gasteiger partial charge in [-0.05, 0) is 62.4 Å². The van der Waals surface area contributed by atoms with Crippen LogP contribution in [0.1, 0.15) is 33.7 Å². The highest BCUT2D eigenvalue weighted by Crippen LogP contribution is 2.37. The Kier molecular flexibility index (Phi) is 9.25. The normalized spacial score (nSPS) is 14.1. The maximum atomic E-state index is 13.5. The minimum atomic E-state index is -4.56. The van der Waals surface area contributed by atoms with Crippen LogP contribution in [0.15, 0.2) is 30.3 Å². The molecule has 0 fully saturated rings. The van der Waals surface area contributed by atoms with Gasteiger partial charge in [0.2, 0.25) is 0 Å². The third-order valence-corrected chi connectivity index (χ3v) is 5.90. The maximum Gasteiger partial charge on any atom is 0.419 e. The Morgan fingerprint density at radius 3 is 2.57 bits per heavy atom. The number of aryl methyl sites for hydroxylation is 3. The maximum absolute atomic E-state index is 13.5. The van der Waals surface area contributed by atoms with Gasteiger partial charge in [-0.15, -0.1) is 11.3 Å².